The molecule has 0 amide bonds. The largest absolute Gasteiger partial charge is 0.380 e. The van der Waals surface area contributed by atoms with E-state index in [0.29, 0.717) is 18.7 Å². The number of rotatable bonds is 3. The van der Waals surface area contributed by atoms with Crippen molar-refractivity contribution in [3.8, 4) is 0 Å². The summed E-state index contributed by atoms with van der Waals surface area (Å²) in [6.45, 7) is 7.28. The van der Waals surface area contributed by atoms with Gasteiger partial charge in [-0.25, -0.2) is 0 Å². The molecule has 3 heteroatoms. The summed E-state index contributed by atoms with van der Waals surface area (Å²) < 4.78 is 5.28. The number of para-hydroxylation sites is 1. The van der Waals surface area contributed by atoms with Crippen molar-refractivity contribution in [2.45, 2.75) is 32.5 Å². The molecule has 2 unspecified atom stereocenters. The van der Waals surface area contributed by atoms with Gasteiger partial charge >= 0.3 is 0 Å². The van der Waals surface area contributed by atoms with Gasteiger partial charge in [0.2, 0.25) is 0 Å². The minimum absolute atomic E-state index is 0.532. The summed E-state index contributed by atoms with van der Waals surface area (Å²) in [6.07, 6.45) is 0. The molecule has 0 spiro atoms. The first-order valence-corrected chi connectivity index (χ1v) is 6.29. The lowest BCUT2D eigenvalue weighted by Crippen LogP contribution is -2.54. The van der Waals surface area contributed by atoms with Gasteiger partial charge in [-0.2, -0.15) is 0 Å². The van der Waals surface area contributed by atoms with Crippen LogP contribution in [0.5, 0.6) is 0 Å². The second-order valence-electron chi connectivity index (χ2n) is 4.87. The fourth-order valence-corrected chi connectivity index (χ4v) is 2.43. The summed E-state index contributed by atoms with van der Waals surface area (Å²) in [4.78, 5) is 2.48. The van der Waals surface area contributed by atoms with Crippen LogP contribution in [0.3, 0.4) is 0 Å². The number of nitrogens with one attached hydrogen (secondary N) is 1. The number of benzene rings is 1. The quantitative estimate of drug-likeness (QED) is 0.866. The normalized spacial score (nSPS) is 25.0. The van der Waals surface area contributed by atoms with Crippen molar-refractivity contribution in [1.82, 2.24) is 5.32 Å². The van der Waals surface area contributed by atoms with E-state index in [-0.39, 0.29) is 0 Å². The molecule has 17 heavy (non-hydrogen) atoms. The van der Waals surface area contributed by atoms with Crippen molar-refractivity contribution in [3.05, 3.63) is 29.8 Å². The molecule has 0 radical (unpaired) electrons. The Hall–Kier alpha value is -1.06. The van der Waals surface area contributed by atoms with E-state index in [4.69, 9.17) is 4.74 Å². The van der Waals surface area contributed by atoms with Crippen LogP contribution in [0.2, 0.25) is 0 Å². The van der Waals surface area contributed by atoms with Crippen LogP contribution in [0.15, 0.2) is 24.3 Å². The van der Waals surface area contributed by atoms with Crippen LogP contribution < -0.4 is 10.2 Å². The molecule has 1 N–H and O–H groups in total. The zero-order valence-corrected chi connectivity index (χ0v) is 10.9. The molecular weight excluding hydrogens is 212 g/mol. The van der Waals surface area contributed by atoms with Crippen LogP contribution in [0.1, 0.15) is 19.4 Å². The van der Waals surface area contributed by atoms with E-state index < -0.39 is 0 Å². The fourth-order valence-electron chi connectivity index (χ4n) is 2.43. The van der Waals surface area contributed by atoms with Gasteiger partial charge in [-0.05, 0) is 19.9 Å². The predicted octanol–water partition coefficient (Wildman–Crippen LogP) is 2.02. The van der Waals surface area contributed by atoms with Gasteiger partial charge in [0.25, 0.3) is 0 Å². The molecule has 1 saturated heterocycles. The molecule has 2 atom stereocenters. The maximum absolute atomic E-state index is 5.28. The van der Waals surface area contributed by atoms with Crippen LogP contribution in [-0.4, -0.2) is 32.3 Å². The molecule has 0 saturated carbocycles. The molecule has 0 aliphatic carbocycles. The Balaban J connectivity index is 2.25. The highest BCUT2D eigenvalue weighted by Gasteiger charge is 2.23. The fraction of sp³-hybridized carbons (Fsp3) is 0.571. The lowest BCUT2D eigenvalue weighted by atomic mass is 10.1. The first-order chi connectivity index (χ1) is 8.22. The number of piperazine rings is 1. The third-order valence-corrected chi connectivity index (χ3v) is 3.37. The lowest BCUT2D eigenvalue weighted by molar-refractivity contribution is 0.185. The molecule has 94 valence electrons. The molecular formula is C14H22N2O. The zero-order valence-electron chi connectivity index (χ0n) is 10.9. The SMILES string of the molecule is COCc1ccccc1N1CC(C)NCC1C. The van der Waals surface area contributed by atoms with Crippen molar-refractivity contribution in [2.75, 3.05) is 25.1 Å². The summed E-state index contributed by atoms with van der Waals surface area (Å²) in [6, 6.07) is 9.61. The van der Waals surface area contributed by atoms with E-state index in [1.165, 1.54) is 11.3 Å². The van der Waals surface area contributed by atoms with Crippen molar-refractivity contribution >= 4 is 5.69 Å². The number of hydrogen-bond acceptors (Lipinski definition) is 3. The van der Waals surface area contributed by atoms with Gasteiger partial charge in [0.15, 0.2) is 0 Å². The van der Waals surface area contributed by atoms with Crippen LogP contribution >= 0.6 is 0 Å². The predicted molar refractivity (Wildman–Crippen MR) is 71.4 cm³/mol. The van der Waals surface area contributed by atoms with Gasteiger partial charge in [0.05, 0.1) is 6.61 Å². The Morgan fingerprint density at radius 3 is 2.88 bits per heavy atom. The lowest BCUT2D eigenvalue weighted by Gasteiger charge is -2.40. The molecule has 1 fully saturated rings. The minimum atomic E-state index is 0.532. The first kappa shape index (κ1) is 12.4. The van der Waals surface area contributed by atoms with Gasteiger partial charge in [-0.1, -0.05) is 18.2 Å². The first-order valence-electron chi connectivity index (χ1n) is 6.29. The highest BCUT2D eigenvalue weighted by Crippen LogP contribution is 2.24. The molecule has 0 aromatic heterocycles. The summed E-state index contributed by atoms with van der Waals surface area (Å²) in [7, 11) is 1.75. The van der Waals surface area contributed by atoms with Crippen molar-refractivity contribution in [1.29, 1.82) is 0 Å². The standard InChI is InChI=1S/C14H22N2O/c1-11-9-16(12(2)8-15-11)14-7-5-4-6-13(14)10-17-3/h4-7,11-12,15H,8-10H2,1-3H3. The van der Waals surface area contributed by atoms with E-state index in [0.717, 1.165) is 13.1 Å². The molecule has 2 rings (SSSR count). The second-order valence-corrected chi connectivity index (χ2v) is 4.87. The Labute approximate surface area is 104 Å². The summed E-state index contributed by atoms with van der Waals surface area (Å²) in [5.74, 6) is 0. The summed E-state index contributed by atoms with van der Waals surface area (Å²) in [5, 5.41) is 3.51. The average molecular weight is 234 g/mol. The number of ether oxygens (including phenoxy) is 1. The van der Waals surface area contributed by atoms with Gasteiger partial charge in [0, 0.05) is 43.5 Å². The third kappa shape index (κ3) is 2.79. The van der Waals surface area contributed by atoms with E-state index in [9.17, 15) is 0 Å². The third-order valence-electron chi connectivity index (χ3n) is 3.37. The van der Waals surface area contributed by atoms with Crippen LogP contribution in [-0.2, 0) is 11.3 Å². The van der Waals surface area contributed by atoms with E-state index in [1.807, 2.05) is 0 Å². The summed E-state index contributed by atoms with van der Waals surface area (Å²) in [5.41, 5.74) is 2.59. The van der Waals surface area contributed by atoms with E-state index >= 15 is 0 Å². The molecule has 1 aliphatic heterocycles. The van der Waals surface area contributed by atoms with E-state index in [2.05, 4.69) is 48.3 Å². The number of hydrogen-bond donors (Lipinski definition) is 1. The maximum atomic E-state index is 5.28. The number of methoxy groups -OCH3 is 1. The molecule has 0 bridgehead atoms. The smallest absolute Gasteiger partial charge is 0.0733 e. The highest BCUT2D eigenvalue weighted by molar-refractivity contribution is 5.54. The molecule has 1 heterocycles. The Morgan fingerprint density at radius 2 is 2.12 bits per heavy atom. The Morgan fingerprint density at radius 1 is 1.35 bits per heavy atom. The molecule has 3 nitrogen and oxygen atoms in total. The molecule has 1 aromatic rings. The van der Waals surface area contributed by atoms with Gasteiger partial charge in [0.1, 0.15) is 0 Å². The average Bonchev–Trinajstić information content (AvgIpc) is 2.34. The zero-order chi connectivity index (χ0) is 12.3. The molecule has 1 aromatic carbocycles. The van der Waals surface area contributed by atoms with Gasteiger partial charge < -0.3 is 15.0 Å². The second kappa shape index (κ2) is 5.52. The highest BCUT2D eigenvalue weighted by atomic mass is 16.5. The summed E-state index contributed by atoms with van der Waals surface area (Å²) >= 11 is 0. The van der Waals surface area contributed by atoms with Crippen molar-refractivity contribution in [2.24, 2.45) is 0 Å². The Bertz CT molecular complexity index is 367. The van der Waals surface area contributed by atoms with Crippen molar-refractivity contribution in [3.63, 3.8) is 0 Å². The minimum Gasteiger partial charge on any atom is -0.380 e. The monoisotopic (exact) mass is 234 g/mol. The van der Waals surface area contributed by atoms with Crippen LogP contribution in [0.4, 0.5) is 5.69 Å². The van der Waals surface area contributed by atoms with Crippen LogP contribution in [0, 0.1) is 0 Å². The van der Waals surface area contributed by atoms with E-state index in [1.54, 1.807) is 7.11 Å². The van der Waals surface area contributed by atoms with Crippen LogP contribution in [0.25, 0.3) is 0 Å². The van der Waals surface area contributed by atoms with Gasteiger partial charge in [-0.15, -0.1) is 0 Å². The Kier molecular flexibility index (Phi) is 4.02. The number of nitrogens with zero attached hydrogens (tertiary/aromatic N) is 1. The number of anilines is 1. The molecule has 1 aliphatic rings. The van der Waals surface area contributed by atoms with Gasteiger partial charge in [-0.3, -0.25) is 0 Å². The topological polar surface area (TPSA) is 24.5 Å². The van der Waals surface area contributed by atoms with Crippen molar-refractivity contribution < 1.29 is 4.74 Å². The maximum Gasteiger partial charge on any atom is 0.0733 e.